The van der Waals surface area contributed by atoms with Gasteiger partial charge in [-0.25, -0.2) is 0 Å². The Balaban J connectivity index is 0.00000729. The zero-order valence-corrected chi connectivity index (χ0v) is 19.8. The van der Waals surface area contributed by atoms with Gasteiger partial charge in [-0.1, -0.05) is 0 Å². The largest absolute Gasteiger partial charge is 0.364 e. The molecule has 0 bridgehead atoms. The normalized spacial score (nSPS) is 10.5. The van der Waals surface area contributed by atoms with Crippen LogP contribution in [0.1, 0.15) is 0 Å². The molecule has 0 aliphatic rings. The first-order valence-corrected chi connectivity index (χ1v) is 8.09. The second-order valence-corrected chi connectivity index (χ2v) is 5.36. The number of ether oxygens (including phenoxy) is 6. The van der Waals surface area contributed by atoms with Crippen LogP contribution in [0.5, 0.6) is 0 Å². The maximum Gasteiger partial charge on any atom is 0.235 e. The van der Waals surface area contributed by atoms with E-state index in [9.17, 15) is 0 Å². The van der Waals surface area contributed by atoms with E-state index in [1.807, 2.05) is 0 Å². The van der Waals surface area contributed by atoms with E-state index >= 15 is 0 Å². The molecule has 1 rings (SSSR count). The van der Waals surface area contributed by atoms with Gasteiger partial charge in [0.25, 0.3) is 0 Å². The maximum atomic E-state index is 5.22. The SMILES string of the molecule is COCN(COC)c1nc(N(COC)COC)nc(N(COC)COC)n1.[Os]. The fraction of sp³-hybridized carbons (Fsp3) is 0.800. The molecule has 164 valence electrons. The van der Waals surface area contributed by atoms with Crippen LogP contribution in [0.25, 0.3) is 0 Å². The number of nitrogens with zero attached hydrogens (tertiary/aromatic N) is 6. The molecule has 1 aromatic heterocycles. The third-order valence-corrected chi connectivity index (χ3v) is 3.16. The Bertz CT molecular complexity index is 430. The molecule has 0 aliphatic heterocycles. The van der Waals surface area contributed by atoms with Crippen molar-refractivity contribution in [1.29, 1.82) is 0 Å². The molecule has 0 saturated heterocycles. The minimum Gasteiger partial charge on any atom is -0.364 e. The Morgan fingerprint density at radius 1 is 0.464 bits per heavy atom. The first-order valence-electron chi connectivity index (χ1n) is 8.09. The fourth-order valence-corrected chi connectivity index (χ4v) is 2.16. The first kappa shape index (κ1) is 26.8. The molecule has 28 heavy (non-hydrogen) atoms. The van der Waals surface area contributed by atoms with Gasteiger partial charge in [-0.15, -0.1) is 0 Å². The van der Waals surface area contributed by atoms with Crippen molar-refractivity contribution in [2.75, 3.05) is 97.7 Å². The molecule has 0 spiro atoms. The van der Waals surface area contributed by atoms with Gasteiger partial charge in [0.2, 0.25) is 17.8 Å². The van der Waals surface area contributed by atoms with Crippen molar-refractivity contribution in [3.05, 3.63) is 0 Å². The molecular weight excluding hydrogens is 550 g/mol. The summed E-state index contributed by atoms with van der Waals surface area (Å²) in [5.74, 6) is 1.11. The van der Waals surface area contributed by atoms with E-state index in [2.05, 4.69) is 15.0 Å². The third-order valence-electron chi connectivity index (χ3n) is 3.16. The number of rotatable bonds is 15. The molecule has 0 N–H and O–H groups in total. The molecule has 0 saturated carbocycles. The number of anilines is 3. The molecule has 0 aliphatic carbocycles. The van der Waals surface area contributed by atoms with Gasteiger partial charge in [0.05, 0.1) is 0 Å². The van der Waals surface area contributed by atoms with Crippen molar-refractivity contribution in [3.8, 4) is 0 Å². The van der Waals surface area contributed by atoms with E-state index in [1.54, 1.807) is 57.4 Å². The Kier molecular flexibility index (Phi) is 15.0. The van der Waals surface area contributed by atoms with Gasteiger partial charge in [-0.3, -0.25) is 14.7 Å². The number of hydrogen-bond donors (Lipinski definition) is 0. The summed E-state index contributed by atoms with van der Waals surface area (Å²) in [5, 5.41) is 0. The third kappa shape index (κ3) is 8.44. The van der Waals surface area contributed by atoms with E-state index in [4.69, 9.17) is 28.4 Å². The van der Waals surface area contributed by atoms with Gasteiger partial charge in [0.1, 0.15) is 40.4 Å². The first-order chi connectivity index (χ1) is 13.1. The smallest absolute Gasteiger partial charge is 0.235 e. The number of methoxy groups -OCH3 is 6. The Hall–Kier alpha value is -1.19. The molecule has 0 fully saturated rings. The van der Waals surface area contributed by atoms with Crippen LogP contribution in [0.4, 0.5) is 17.8 Å². The summed E-state index contributed by atoms with van der Waals surface area (Å²) < 4.78 is 31.3. The Labute approximate surface area is 179 Å². The average molecular weight is 581 g/mol. The Morgan fingerprint density at radius 2 is 0.643 bits per heavy atom. The second kappa shape index (κ2) is 15.7. The second-order valence-electron chi connectivity index (χ2n) is 5.36. The van der Waals surface area contributed by atoms with Crippen LogP contribution in [0, 0.1) is 0 Å². The molecule has 13 heteroatoms. The summed E-state index contributed by atoms with van der Waals surface area (Å²) in [7, 11) is 9.48. The average Bonchev–Trinajstić information content (AvgIpc) is 2.67. The van der Waals surface area contributed by atoms with Gasteiger partial charge >= 0.3 is 0 Å². The summed E-state index contributed by atoms with van der Waals surface area (Å²) in [6, 6.07) is 0. The van der Waals surface area contributed by atoms with Gasteiger partial charge < -0.3 is 28.4 Å². The number of aromatic nitrogens is 3. The monoisotopic (exact) mass is 582 g/mol. The molecule has 0 radical (unpaired) electrons. The molecule has 12 nitrogen and oxygen atoms in total. The zero-order valence-electron chi connectivity index (χ0n) is 17.2. The molecular formula is C15H30N6O6Os. The van der Waals surface area contributed by atoms with Crippen LogP contribution in [0.2, 0.25) is 0 Å². The van der Waals surface area contributed by atoms with Crippen molar-refractivity contribution in [2.45, 2.75) is 0 Å². The van der Waals surface area contributed by atoms with E-state index in [-0.39, 0.29) is 60.2 Å². The molecule has 0 amide bonds. The molecule has 1 heterocycles. The van der Waals surface area contributed by atoms with Crippen molar-refractivity contribution < 1.29 is 48.2 Å². The van der Waals surface area contributed by atoms with E-state index < -0.39 is 0 Å². The predicted octanol–water partition coefficient (Wildman–Crippen LogP) is -0.0883. The van der Waals surface area contributed by atoms with Crippen LogP contribution in [-0.4, -0.2) is 98.0 Å². The van der Waals surface area contributed by atoms with Crippen LogP contribution in [-0.2, 0) is 48.2 Å². The quantitative estimate of drug-likeness (QED) is 0.259. The minimum absolute atomic E-state index is 0. The van der Waals surface area contributed by atoms with Gasteiger partial charge in [0, 0.05) is 62.4 Å². The molecule has 0 atom stereocenters. The maximum absolute atomic E-state index is 5.22. The predicted molar refractivity (Wildman–Crippen MR) is 98.5 cm³/mol. The summed E-state index contributed by atoms with van der Waals surface area (Å²) >= 11 is 0. The van der Waals surface area contributed by atoms with Crippen molar-refractivity contribution >= 4 is 17.8 Å². The van der Waals surface area contributed by atoms with E-state index in [0.717, 1.165) is 0 Å². The summed E-state index contributed by atoms with van der Waals surface area (Å²) in [6.07, 6.45) is 0. The molecule has 0 unspecified atom stereocenters. The summed E-state index contributed by atoms with van der Waals surface area (Å²) in [6.45, 7) is 1.42. The minimum atomic E-state index is 0. The van der Waals surface area contributed by atoms with Crippen LogP contribution >= 0.6 is 0 Å². The van der Waals surface area contributed by atoms with Gasteiger partial charge in [-0.2, -0.15) is 15.0 Å². The molecule has 1 aromatic rings. The standard InChI is InChI=1S/C15H30N6O6.Os/c1-22-7-19(8-23-2)13-16-14(20(9-24-3)10-25-4)18-15(17-13)21(11-26-5)12-27-6;/h7-12H2,1-6H3;. The summed E-state index contributed by atoms with van der Waals surface area (Å²) in [4.78, 5) is 18.7. The van der Waals surface area contributed by atoms with Crippen LogP contribution in [0.3, 0.4) is 0 Å². The van der Waals surface area contributed by atoms with E-state index in [0.29, 0.717) is 17.8 Å². The van der Waals surface area contributed by atoms with Crippen molar-refractivity contribution in [2.24, 2.45) is 0 Å². The van der Waals surface area contributed by atoms with Crippen LogP contribution < -0.4 is 14.7 Å². The Morgan fingerprint density at radius 3 is 0.786 bits per heavy atom. The van der Waals surface area contributed by atoms with E-state index in [1.165, 1.54) is 0 Å². The van der Waals surface area contributed by atoms with Crippen molar-refractivity contribution in [1.82, 2.24) is 15.0 Å². The fourth-order valence-electron chi connectivity index (χ4n) is 2.16. The zero-order chi connectivity index (χ0) is 20.1. The van der Waals surface area contributed by atoms with Crippen LogP contribution in [0.15, 0.2) is 0 Å². The number of hydrogen-bond acceptors (Lipinski definition) is 12. The molecule has 0 aromatic carbocycles. The van der Waals surface area contributed by atoms with Gasteiger partial charge in [-0.05, 0) is 0 Å². The summed E-state index contributed by atoms with van der Waals surface area (Å²) in [5.41, 5.74) is 0. The topological polar surface area (TPSA) is 104 Å². The van der Waals surface area contributed by atoms with Crippen molar-refractivity contribution in [3.63, 3.8) is 0 Å². The van der Waals surface area contributed by atoms with Gasteiger partial charge in [0.15, 0.2) is 0 Å².